The standard InChI is InChI=1S/C20H25N3O5S2/c1-3-5-14-22-30(27,28)19-8-6-7-17(15-19)23-20(24)16-9-11-18(12-10-16)29(25,26)21-13-4-2/h4,6-12,15,21-22H,2-3,5,13-14H2,1H3,(H,23,24). The second-order valence-electron chi connectivity index (χ2n) is 6.40. The monoisotopic (exact) mass is 451 g/mol. The molecule has 3 N–H and O–H groups in total. The van der Waals surface area contributed by atoms with Crippen molar-refractivity contribution in [1.82, 2.24) is 9.44 Å². The lowest BCUT2D eigenvalue weighted by Crippen LogP contribution is -2.25. The van der Waals surface area contributed by atoms with Crippen LogP contribution in [0.4, 0.5) is 5.69 Å². The minimum atomic E-state index is -3.68. The van der Waals surface area contributed by atoms with Crippen LogP contribution in [-0.4, -0.2) is 35.8 Å². The van der Waals surface area contributed by atoms with Crippen molar-refractivity contribution >= 4 is 31.6 Å². The van der Waals surface area contributed by atoms with Gasteiger partial charge in [0.05, 0.1) is 9.79 Å². The summed E-state index contributed by atoms with van der Waals surface area (Å²) in [6.07, 6.45) is 3.01. The van der Waals surface area contributed by atoms with Crippen molar-refractivity contribution < 1.29 is 21.6 Å². The number of unbranched alkanes of at least 4 members (excludes halogenated alkanes) is 1. The number of nitrogens with one attached hydrogen (secondary N) is 3. The molecule has 2 aromatic rings. The highest BCUT2D eigenvalue weighted by Crippen LogP contribution is 2.17. The van der Waals surface area contributed by atoms with Gasteiger partial charge in [0, 0.05) is 24.3 Å². The van der Waals surface area contributed by atoms with Crippen molar-refractivity contribution in [3.05, 3.63) is 66.7 Å². The number of anilines is 1. The normalized spacial score (nSPS) is 11.8. The first-order valence-corrected chi connectivity index (χ1v) is 12.3. The summed E-state index contributed by atoms with van der Waals surface area (Å²) in [5.74, 6) is -0.494. The van der Waals surface area contributed by atoms with E-state index in [0.717, 1.165) is 12.8 Å². The van der Waals surface area contributed by atoms with Crippen LogP contribution in [-0.2, 0) is 20.0 Å². The Bertz CT molecular complexity index is 1100. The number of rotatable bonds is 11. The fraction of sp³-hybridized carbons (Fsp3) is 0.250. The fourth-order valence-electron chi connectivity index (χ4n) is 2.45. The van der Waals surface area contributed by atoms with Crippen LogP contribution < -0.4 is 14.8 Å². The van der Waals surface area contributed by atoms with Crippen molar-refractivity contribution in [2.24, 2.45) is 0 Å². The van der Waals surface area contributed by atoms with E-state index in [0.29, 0.717) is 12.2 Å². The van der Waals surface area contributed by atoms with Crippen LogP contribution >= 0.6 is 0 Å². The summed E-state index contributed by atoms with van der Waals surface area (Å²) in [6, 6.07) is 11.3. The van der Waals surface area contributed by atoms with Crippen molar-refractivity contribution in [2.75, 3.05) is 18.4 Å². The summed E-state index contributed by atoms with van der Waals surface area (Å²) in [6.45, 7) is 5.85. The Kier molecular flexibility index (Phi) is 8.30. The number of hydrogen-bond donors (Lipinski definition) is 3. The van der Waals surface area contributed by atoms with Crippen LogP contribution in [0.1, 0.15) is 30.1 Å². The van der Waals surface area contributed by atoms with Crippen molar-refractivity contribution in [1.29, 1.82) is 0 Å². The molecule has 0 aliphatic rings. The van der Waals surface area contributed by atoms with E-state index in [4.69, 9.17) is 0 Å². The van der Waals surface area contributed by atoms with E-state index in [1.165, 1.54) is 48.5 Å². The number of amides is 1. The molecular formula is C20H25N3O5S2. The first-order chi connectivity index (χ1) is 14.2. The molecule has 10 heteroatoms. The van der Waals surface area contributed by atoms with Gasteiger partial charge in [-0.05, 0) is 48.9 Å². The van der Waals surface area contributed by atoms with E-state index < -0.39 is 26.0 Å². The quantitative estimate of drug-likeness (QED) is 0.358. The Balaban J connectivity index is 2.12. The molecule has 0 aromatic heterocycles. The molecule has 0 fully saturated rings. The van der Waals surface area contributed by atoms with Gasteiger partial charge < -0.3 is 5.32 Å². The predicted octanol–water partition coefficient (Wildman–Crippen LogP) is 2.48. The van der Waals surface area contributed by atoms with Crippen molar-refractivity contribution in [3.63, 3.8) is 0 Å². The maximum absolute atomic E-state index is 12.5. The van der Waals surface area contributed by atoms with Crippen LogP contribution in [0.15, 0.2) is 71.0 Å². The van der Waals surface area contributed by atoms with Gasteiger partial charge in [-0.1, -0.05) is 25.5 Å². The maximum Gasteiger partial charge on any atom is 0.255 e. The average Bonchev–Trinajstić information content (AvgIpc) is 2.72. The Hall–Kier alpha value is -2.53. The van der Waals surface area contributed by atoms with Crippen LogP contribution in [0.5, 0.6) is 0 Å². The van der Waals surface area contributed by atoms with E-state index in [2.05, 4.69) is 21.3 Å². The summed E-state index contributed by atoms with van der Waals surface area (Å²) in [4.78, 5) is 12.5. The molecule has 0 aliphatic heterocycles. The minimum absolute atomic E-state index is 0.0205. The molecule has 0 unspecified atom stereocenters. The summed E-state index contributed by atoms with van der Waals surface area (Å²) < 4.78 is 53.6. The average molecular weight is 452 g/mol. The lowest BCUT2D eigenvalue weighted by atomic mass is 10.2. The highest BCUT2D eigenvalue weighted by Gasteiger charge is 2.16. The molecule has 0 saturated heterocycles. The van der Waals surface area contributed by atoms with Gasteiger partial charge in [0.1, 0.15) is 0 Å². The predicted molar refractivity (Wildman–Crippen MR) is 116 cm³/mol. The summed E-state index contributed by atoms with van der Waals surface area (Å²) in [7, 11) is -7.35. The van der Waals surface area contributed by atoms with Crippen LogP contribution in [0.25, 0.3) is 0 Å². The van der Waals surface area contributed by atoms with E-state index in [9.17, 15) is 21.6 Å². The van der Waals surface area contributed by atoms with E-state index >= 15 is 0 Å². The summed E-state index contributed by atoms with van der Waals surface area (Å²) >= 11 is 0. The first-order valence-electron chi connectivity index (χ1n) is 9.31. The third-order valence-electron chi connectivity index (χ3n) is 4.07. The SMILES string of the molecule is C=CCNS(=O)(=O)c1ccc(C(=O)Nc2cccc(S(=O)(=O)NCCCC)c2)cc1. The molecule has 0 spiro atoms. The molecule has 8 nitrogen and oxygen atoms in total. The molecule has 2 aromatic carbocycles. The molecule has 0 bridgehead atoms. The number of carbonyl (C=O) groups excluding carboxylic acids is 1. The second kappa shape index (κ2) is 10.5. The van der Waals surface area contributed by atoms with E-state index in [1.54, 1.807) is 6.07 Å². The Morgan fingerprint density at radius 2 is 1.63 bits per heavy atom. The van der Waals surface area contributed by atoms with Gasteiger partial charge in [-0.3, -0.25) is 4.79 Å². The number of carbonyl (C=O) groups is 1. The number of hydrogen-bond acceptors (Lipinski definition) is 5. The molecule has 1 amide bonds. The molecule has 0 radical (unpaired) electrons. The molecule has 0 heterocycles. The maximum atomic E-state index is 12.5. The zero-order valence-electron chi connectivity index (χ0n) is 16.6. The highest BCUT2D eigenvalue weighted by atomic mass is 32.2. The lowest BCUT2D eigenvalue weighted by Gasteiger charge is -2.10. The van der Waals surface area contributed by atoms with Gasteiger partial charge in [0.2, 0.25) is 20.0 Å². The van der Waals surface area contributed by atoms with Crippen LogP contribution in [0.3, 0.4) is 0 Å². The smallest absolute Gasteiger partial charge is 0.255 e. The Labute approximate surface area is 177 Å². The topological polar surface area (TPSA) is 121 Å². The second-order valence-corrected chi connectivity index (χ2v) is 9.93. The fourth-order valence-corrected chi connectivity index (χ4v) is 4.57. The Morgan fingerprint density at radius 3 is 2.27 bits per heavy atom. The molecule has 162 valence electrons. The molecule has 0 saturated carbocycles. The first kappa shape index (κ1) is 23.7. The summed E-state index contributed by atoms with van der Waals surface area (Å²) in [5.41, 5.74) is 0.537. The van der Waals surface area contributed by atoms with Gasteiger partial charge in [0.15, 0.2) is 0 Å². The van der Waals surface area contributed by atoms with Gasteiger partial charge >= 0.3 is 0 Å². The minimum Gasteiger partial charge on any atom is -0.322 e. The lowest BCUT2D eigenvalue weighted by molar-refractivity contribution is 0.102. The molecule has 2 rings (SSSR count). The van der Waals surface area contributed by atoms with Gasteiger partial charge in [-0.25, -0.2) is 26.3 Å². The van der Waals surface area contributed by atoms with Crippen LogP contribution in [0.2, 0.25) is 0 Å². The highest BCUT2D eigenvalue weighted by molar-refractivity contribution is 7.89. The van der Waals surface area contributed by atoms with Crippen molar-refractivity contribution in [3.8, 4) is 0 Å². The third-order valence-corrected chi connectivity index (χ3v) is 6.97. The third kappa shape index (κ3) is 6.49. The number of sulfonamides is 2. The van der Waals surface area contributed by atoms with E-state index in [1.807, 2.05) is 6.92 Å². The van der Waals surface area contributed by atoms with E-state index in [-0.39, 0.29) is 21.9 Å². The molecular weight excluding hydrogens is 426 g/mol. The number of benzene rings is 2. The summed E-state index contributed by atoms with van der Waals surface area (Å²) in [5, 5.41) is 2.62. The van der Waals surface area contributed by atoms with Crippen molar-refractivity contribution in [2.45, 2.75) is 29.6 Å². The van der Waals surface area contributed by atoms with Gasteiger partial charge in [-0.15, -0.1) is 6.58 Å². The van der Waals surface area contributed by atoms with Gasteiger partial charge in [0.25, 0.3) is 5.91 Å². The molecule has 0 aliphatic carbocycles. The Morgan fingerprint density at radius 1 is 0.967 bits per heavy atom. The largest absolute Gasteiger partial charge is 0.322 e. The zero-order chi connectivity index (χ0) is 22.2. The van der Waals surface area contributed by atoms with Gasteiger partial charge in [-0.2, -0.15) is 0 Å². The zero-order valence-corrected chi connectivity index (χ0v) is 18.2. The van der Waals surface area contributed by atoms with Crippen LogP contribution in [0, 0.1) is 0 Å². The molecule has 0 atom stereocenters. The molecule has 30 heavy (non-hydrogen) atoms.